The Labute approximate surface area is 104 Å². The van der Waals surface area contributed by atoms with E-state index in [2.05, 4.69) is 0 Å². The first-order chi connectivity index (χ1) is 8.29. The van der Waals surface area contributed by atoms with Gasteiger partial charge in [-0.2, -0.15) is 11.8 Å². The van der Waals surface area contributed by atoms with Gasteiger partial charge in [0.2, 0.25) is 0 Å². The maximum atomic E-state index is 6.25. The Balaban J connectivity index is 2.28. The number of nitrogens with two attached hydrogens (primary N) is 1. The number of nitrogens with zero attached hydrogens (tertiary/aromatic N) is 1. The van der Waals surface area contributed by atoms with Crippen LogP contribution in [0.25, 0.3) is 10.9 Å². The number of aromatic nitrogens is 1. The average molecular weight is 246 g/mol. The maximum Gasteiger partial charge on any atom is 0.119 e. The number of anilines is 1. The summed E-state index contributed by atoms with van der Waals surface area (Å²) in [6, 6.07) is 5.88. The molecule has 17 heavy (non-hydrogen) atoms. The fraction of sp³-hybridized carbons (Fsp3) is 0.308. The molecule has 0 bridgehead atoms. The fourth-order valence-electron chi connectivity index (χ4n) is 2.20. The zero-order valence-electron chi connectivity index (χ0n) is 9.69. The molecule has 2 heterocycles. The molecule has 0 spiro atoms. The van der Waals surface area contributed by atoms with Gasteiger partial charge >= 0.3 is 0 Å². The molecule has 1 aromatic heterocycles. The normalized spacial score (nSPS) is 14.6. The molecule has 3 rings (SSSR count). The minimum Gasteiger partial charge on any atom is -0.497 e. The number of nitrogen functional groups attached to an aromatic ring is 1. The van der Waals surface area contributed by atoms with Gasteiger partial charge in [-0.1, -0.05) is 0 Å². The third-order valence-electron chi connectivity index (χ3n) is 3.15. The van der Waals surface area contributed by atoms with E-state index in [-0.39, 0.29) is 0 Å². The van der Waals surface area contributed by atoms with Crippen molar-refractivity contribution in [2.45, 2.75) is 12.2 Å². The van der Waals surface area contributed by atoms with Crippen molar-refractivity contribution in [1.29, 1.82) is 0 Å². The van der Waals surface area contributed by atoms with Gasteiger partial charge in [0.05, 0.1) is 12.6 Å². The quantitative estimate of drug-likeness (QED) is 0.840. The molecule has 3 nitrogen and oxygen atoms in total. The number of rotatable bonds is 1. The highest BCUT2D eigenvalue weighted by Gasteiger charge is 2.16. The van der Waals surface area contributed by atoms with E-state index in [1.54, 1.807) is 7.11 Å². The molecule has 88 valence electrons. The first-order valence-electron chi connectivity index (χ1n) is 5.62. The van der Waals surface area contributed by atoms with Crippen LogP contribution in [0.2, 0.25) is 0 Å². The molecule has 1 aliphatic rings. The molecule has 0 aliphatic carbocycles. The number of fused-ring (bicyclic) bond motifs is 2. The van der Waals surface area contributed by atoms with Gasteiger partial charge in [0.15, 0.2) is 0 Å². The molecular formula is C13H14N2OS. The summed E-state index contributed by atoms with van der Waals surface area (Å²) in [5.41, 5.74) is 10.5. The second kappa shape index (κ2) is 4.11. The Morgan fingerprint density at radius 3 is 3.12 bits per heavy atom. The van der Waals surface area contributed by atoms with Crippen LogP contribution < -0.4 is 10.5 Å². The molecule has 0 saturated carbocycles. The summed E-state index contributed by atoms with van der Waals surface area (Å²) in [5.74, 6) is 2.94. The fourth-order valence-corrected chi connectivity index (χ4v) is 3.21. The van der Waals surface area contributed by atoms with E-state index in [0.717, 1.165) is 40.3 Å². The summed E-state index contributed by atoms with van der Waals surface area (Å²) in [5, 5.41) is 1.01. The highest BCUT2D eigenvalue weighted by molar-refractivity contribution is 7.98. The largest absolute Gasteiger partial charge is 0.497 e. The lowest BCUT2D eigenvalue weighted by molar-refractivity contribution is 0.415. The van der Waals surface area contributed by atoms with E-state index >= 15 is 0 Å². The number of pyridine rings is 1. The number of benzene rings is 1. The maximum absolute atomic E-state index is 6.25. The molecule has 2 aromatic rings. The minimum absolute atomic E-state index is 0.828. The van der Waals surface area contributed by atoms with Crippen molar-refractivity contribution in [2.75, 3.05) is 18.6 Å². The molecule has 4 heteroatoms. The molecule has 0 radical (unpaired) electrons. The topological polar surface area (TPSA) is 48.1 Å². The summed E-state index contributed by atoms with van der Waals surface area (Å²) >= 11 is 1.92. The molecular weight excluding hydrogens is 232 g/mol. The molecule has 0 unspecified atom stereocenters. The minimum atomic E-state index is 0.828. The molecule has 0 fully saturated rings. The monoisotopic (exact) mass is 246 g/mol. The van der Waals surface area contributed by atoms with Crippen LogP contribution in [-0.4, -0.2) is 17.8 Å². The second-order valence-electron chi connectivity index (χ2n) is 4.14. The van der Waals surface area contributed by atoms with Crippen molar-refractivity contribution in [3.63, 3.8) is 0 Å². The van der Waals surface area contributed by atoms with E-state index in [4.69, 9.17) is 15.5 Å². The van der Waals surface area contributed by atoms with Crippen molar-refractivity contribution < 1.29 is 4.74 Å². The summed E-state index contributed by atoms with van der Waals surface area (Å²) in [7, 11) is 1.67. The summed E-state index contributed by atoms with van der Waals surface area (Å²) in [6.07, 6.45) is 1.02. The molecule has 0 amide bonds. The van der Waals surface area contributed by atoms with E-state index in [1.165, 1.54) is 11.3 Å². The van der Waals surface area contributed by atoms with Crippen molar-refractivity contribution >= 4 is 28.4 Å². The predicted octanol–water partition coefficient (Wildman–Crippen LogP) is 2.61. The molecule has 2 N–H and O–H groups in total. The van der Waals surface area contributed by atoms with Crippen molar-refractivity contribution in [2.24, 2.45) is 0 Å². The van der Waals surface area contributed by atoms with Crippen LogP contribution in [0.4, 0.5) is 5.69 Å². The predicted molar refractivity (Wildman–Crippen MR) is 72.6 cm³/mol. The molecule has 1 aliphatic heterocycles. The highest BCUT2D eigenvalue weighted by Crippen LogP contribution is 2.34. The lowest BCUT2D eigenvalue weighted by Gasteiger charge is -2.18. The molecule has 0 saturated heterocycles. The number of thioether (sulfide) groups is 1. The SMILES string of the molecule is COc1ccc2nc3c(c(N)c2c1)CSCC3. The van der Waals surface area contributed by atoms with Crippen LogP contribution in [0.5, 0.6) is 5.75 Å². The van der Waals surface area contributed by atoms with E-state index in [9.17, 15) is 0 Å². The van der Waals surface area contributed by atoms with E-state index < -0.39 is 0 Å². The zero-order chi connectivity index (χ0) is 11.8. The lowest BCUT2D eigenvalue weighted by atomic mass is 10.1. The Kier molecular flexibility index (Phi) is 2.59. The van der Waals surface area contributed by atoms with Crippen LogP contribution in [0.15, 0.2) is 18.2 Å². The van der Waals surface area contributed by atoms with Gasteiger partial charge in [0.1, 0.15) is 5.75 Å². The summed E-state index contributed by atoms with van der Waals surface area (Å²) in [4.78, 5) is 4.70. The second-order valence-corrected chi connectivity index (χ2v) is 5.24. The molecule has 0 atom stereocenters. The van der Waals surface area contributed by atoms with Crippen LogP contribution >= 0.6 is 11.8 Å². The number of aryl methyl sites for hydroxylation is 1. The van der Waals surface area contributed by atoms with Crippen LogP contribution in [0.1, 0.15) is 11.3 Å². The third kappa shape index (κ3) is 1.72. The Morgan fingerprint density at radius 2 is 2.29 bits per heavy atom. The Bertz CT molecular complexity index is 583. The number of hydrogen-bond donors (Lipinski definition) is 1. The molecule has 1 aromatic carbocycles. The van der Waals surface area contributed by atoms with Crippen LogP contribution in [-0.2, 0) is 12.2 Å². The van der Waals surface area contributed by atoms with Crippen LogP contribution in [0, 0.1) is 0 Å². The third-order valence-corrected chi connectivity index (χ3v) is 4.14. The van der Waals surface area contributed by atoms with Gasteiger partial charge in [-0.3, -0.25) is 4.98 Å². The van der Waals surface area contributed by atoms with Crippen molar-refractivity contribution in [1.82, 2.24) is 4.98 Å². The van der Waals surface area contributed by atoms with Crippen molar-refractivity contribution in [3.8, 4) is 5.75 Å². The average Bonchev–Trinajstić information content (AvgIpc) is 2.39. The zero-order valence-corrected chi connectivity index (χ0v) is 10.5. The Hall–Kier alpha value is -1.42. The number of ether oxygens (including phenoxy) is 1. The van der Waals surface area contributed by atoms with Gasteiger partial charge in [-0.05, 0) is 30.4 Å². The lowest BCUT2D eigenvalue weighted by Crippen LogP contribution is -2.09. The van der Waals surface area contributed by atoms with Crippen LogP contribution in [0.3, 0.4) is 0 Å². The van der Waals surface area contributed by atoms with Gasteiger partial charge in [-0.15, -0.1) is 0 Å². The first kappa shape index (κ1) is 10.7. The number of methoxy groups -OCH3 is 1. The smallest absolute Gasteiger partial charge is 0.119 e. The van der Waals surface area contributed by atoms with Gasteiger partial charge in [-0.25, -0.2) is 0 Å². The standard InChI is InChI=1S/C13H14N2OS/c1-16-8-2-3-11-9(6-8)13(14)10-7-17-5-4-12(10)15-11/h2-3,6H,4-5,7H2,1H3,(H2,14,15). The van der Waals surface area contributed by atoms with E-state index in [1.807, 2.05) is 30.0 Å². The van der Waals surface area contributed by atoms with Crippen molar-refractivity contribution in [3.05, 3.63) is 29.5 Å². The first-order valence-corrected chi connectivity index (χ1v) is 6.78. The van der Waals surface area contributed by atoms with Gasteiger partial charge < -0.3 is 10.5 Å². The van der Waals surface area contributed by atoms with E-state index in [0.29, 0.717) is 0 Å². The Morgan fingerprint density at radius 1 is 1.41 bits per heavy atom. The number of hydrogen-bond acceptors (Lipinski definition) is 4. The summed E-state index contributed by atoms with van der Waals surface area (Å²) < 4.78 is 5.23. The highest BCUT2D eigenvalue weighted by atomic mass is 32.2. The summed E-state index contributed by atoms with van der Waals surface area (Å²) in [6.45, 7) is 0. The van der Waals surface area contributed by atoms with Gasteiger partial charge in [0, 0.05) is 28.1 Å². The van der Waals surface area contributed by atoms with Gasteiger partial charge in [0.25, 0.3) is 0 Å².